The molecule has 1 atom stereocenters. The number of hydrogen-bond donors (Lipinski definition) is 1. The zero-order valence-electron chi connectivity index (χ0n) is 13.8. The first-order valence-electron chi connectivity index (χ1n) is 8.30. The highest BCUT2D eigenvalue weighted by atomic mass is 32.1. The number of aryl methyl sites for hydroxylation is 2. The fraction of sp³-hybridized carbons (Fsp3) is 0.368. The third kappa shape index (κ3) is 4.03. The fourth-order valence-corrected chi connectivity index (χ4v) is 3.89. The van der Waals surface area contributed by atoms with Crippen LogP contribution in [0, 0.1) is 6.92 Å². The molecule has 1 fully saturated rings. The van der Waals surface area contributed by atoms with Crippen molar-refractivity contribution in [3.05, 3.63) is 57.8 Å². The van der Waals surface area contributed by atoms with Crippen molar-refractivity contribution in [2.75, 3.05) is 13.1 Å². The molecule has 1 aliphatic rings. The quantitative estimate of drug-likeness (QED) is 0.877. The van der Waals surface area contributed by atoms with Crippen LogP contribution in [0.25, 0.3) is 0 Å². The summed E-state index contributed by atoms with van der Waals surface area (Å²) in [4.78, 5) is 27.0. The van der Waals surface area contributed by atoms with Crippen LogP contribution < -0.4 is 5.32 Å². The van der Waals surface area contributed by atoms with Crippen molar-refractivity contribution in [3.8, 4) is 0 Å². The molecule has 0 saturated carbocycles. The third-order valence-corrected chi connectivity index (χ3v) is 5.37. The smallest absolute Gasteiger partial charge is 0.261 e. The molecule has 1 aromatic carbocycles. The molecule has 0 spiro atoms. The van der Waals surface area contributed by atoms with Crippen molar-refractivity contribution >= 4 is 23.2 Å². The van der Waals surface area contributed by atoms with Gasteiger partial charge in [0.05, 0.1) is 10.9 Å². The van der Waals surface area contributed by atoms with Crippen molar-refractivity contribution in [1.29, 1.82) is 0 Å². The molecular weight excluding hydrogens is 320 g/mol. The minimum absolute atomic E-state index is 0.0635. The van der Waals surface area contributed by atoms with E-state index in [1.165, 1.54) is 16.9 Å². The summed E-state index contributed by atoms with van der Waals surface area (Å²) in [7, 11) is 0. The fourth-order valence-electron chi connectivity index (χ4n) is 3.06. The molecule has 1 N–H and O–H groups in total. The van der Waals surface area contributed by atoms with E-state index < -0.39 is 0 Å². The minimum Gasteiger partial charge on any atom is -0.346 e. The van der Waals surface area contributed by atoms with Crippen LogP contribution in [0.15, 0.2) is 41.8 Å². The van der Waals surface area contributed by atoms with E-state index >= 15 is 0 Å². The van der Waals surface area contributed by atoms with Crippen LogP contribution in [-0.4, -0.2) is 35.8 Å². The van der Waals surface area contributed by atoms with Crippen LogP contribution >= 0.6 is 11.3 Å². The molecule has 2 amide bonds. The molecule has 126 valence electrons. The van der Waals surface area contributed by atoms with Crippen molar-refractivity contribution in [3.63, 3.8) is 0 Å². The van der Waals surface area contributed by atoms with Gasteiger partial charge in [-0.25, -0.2) is 0 Å². The van der Waals surface area contributed by atoms with E-state index in [0.717, 1.165) is 29.8 Å². The largest absolute Gasteiger partial charge is 0.346 e. The Kier molecular flexibility index (Phi) is 5.30. The molecule has 1 aliphatic heterocycles. The molecule has 4 nitrogen and oxygen atoms in total. The summed E-state index contributed by atoms with van der Waals surface area (Å²) in [5.41, 5.74) is 2.28. The molecule has 0 bridgehead atoms. The standard InChI is InChI=1S/C19H22N2O2S/c1-14-9-11-24-18(14)19(23)20-16-12-17(22)21(13-16)10-5-8-15-6-3-2-4-7-15/h2-4,6-7,9,11,16H,5,8,10,12-13H2,1H3,(H,20,23)/t16-/m1/s1. The Balaban J connectivity index is 1.47. The van der Waals surface area contributed by atoms with Gasteiger partial charge in [-0.2, -0.15) is 0 Å². The van der Waals surface area contributed by atoms with E-state index in [-0.39, 0.29) is 17.9 Å². The summed E-state index contributed by atoms with van der Waals surface area (Å²) >= 11 is 1.44. The average molecular weight is 342 g/mol. The zero-order chi connectivity index (χ0) is 16.9. The number of carbonyl (C=O) groups is 2. The van der Waals surface area contributed by atoms with Crippen LogP contribution in [-0.2, 0) is 11.2 Å². The van der Waals surface area contributed by atoms with Gasteiger partial charge in [-0.15, -0.1) is 11.3 Å². The molecule has 1 aromatic heterocycles. The zero-order valence-corrected chi connectivity index (χ0v) is 14.6. The molecule has 5 heteroatoms. The highest BCUT2D eigenvalue weighted by Crippen LogP contribution is 2.18. The maximum Gasteiger partial charge on any atom is 0.261 e. The first kappa shape index (κ1) is 16.7. The lowest BCUT2D eigenvalue weighted by molar-refractivity contribution is -0.127. The Morgan fingerprint density at radius 2 is 2.08 bits per heavy atom. The van der Waals surface area contributed by atoms with E-state index in [1.807, 2.05) is 41.5 Å². The van der Waals surface area contributed by atoms with Gasteiger partial charge in [0.15, 0.2) is 0 Å². The van der Waals surface area contributed by atoms with Gasteiger partial charge in [0.25, 0.3) is 5.91 Å². The van der Waals surface area contributed by atoms with Gasteiger partial charge in [-0.3, -0.25) is 9.59 Å². The van der Waals surface area contributed by atoms with Gasteiger partial charge < -0.3 is 10.2 Å². The number of carbonyl (C=O) groups excluding carboxylic acids is 2. The average Bonchev–Trinajstić information content (AvgIpc) is 3.14. The van der Waals surface area contributed by atoms with E-state index in [1.54, 1.807) is 0 Å². The lowest BCUT2D eigenvalue weighted by Gasteiger charge is -2.17. The number of nitrogens with one attached hydrogen (secondary N) is 1. The highest BCUT2D eigenvalue weighted by Gasteiger charge is 2.30. The van der Waals surface area contributed by atoms with E-state index in [0.29, 0.717) is 13.0 Å². The van der Waals surface area contributed by atoms with Crippen molar-refractivity contribution in [2.45, 2.75) is 32.2 Å². The second-order valence-electron chi connectivity index (χ2n) is 6.24. The van der Waals surface area contributed by atoms with Gasteiger partial charge in [-0.1, -0.05) is 30.3 Å². The number of amides is 2. The Labute approximate surface area is 146 Å². The van der Waals surface area contributed by atoms with Crippen molar-refractivity contribution < 1.29 is 9.59 Å². The predicted molar refractivity (Wildman–Crippen MR) is 96.3 cm³/mol. The van der Waals surface area contributed by atoms with Crippen molar-refractivity contribution in [1.82, 2.24) is 10.2 Å². The Bertz CT molecular complexity index is 711. The molecular formula is C19H22N2O2S. The molecule has 24 heavy (non-hydrogen) atoms. The van der Waals surface area contributed by atoms with Crippen LogP contribution in [0.5, 0.6) is 0 Å². The third-order valence-electron chi connectivity index (χ3n) is 4.35. The van der Waals surface area contributed by atoms with Crippen LogP contribution in [0.1, 0.15) is 33.6 Å². The van der Waals surface area contributed by atoms with Crippen LogP contribution in [0.3, 0.4) is 0 Å². The summed E-state index contributed by atoms with van der Waals surface area (Å²) in [6, 6.07) is 12.2. The maximum absolute atomic E-state index is 12.3. The molecule has 0 radical (unpaired) electrons. The molecule has 0 aliphatic carbocycles. The monoisotopic (exact) mass is 342 g/mol. The molecule has 3 rings (SSSR count). The summed E-state index contributed by atoms with van der Waals surface area (Å²) in [5.74, 6) is 0.0719. The number of likely N-dealkylation sites (tertiary alicyclic amines) is 1. The number of benzene rings is 1. The summed E-state index contributed by atoms with van der Waals surface area (Å²) < 4.78 is 0. The van der Waals surface area contributed by atoms with Gasteiger partial charge in [0.2, 0.25) is 5.91 Å². The Morgan fingerprint density at radius 1 is 1.29 bits per heavy atom. The topological polar surface area (TPSA) is 49.4 Å². The first-order valence-corrected chi connectivity index (χ1v) is 9.18. The number of hydrogen-bond acceptors (Lipinski definition) is 3. The van der Waals surface area contributed by atoms with Gasteiger partial charge in [0, 0.05) is 19.5 Å². The van der Waals surface area contributed by atoms with E-state index in [4.69, 9.17) is 0 Å². The Morgan fingerprint density at radius 3 is 2.79 bits per heavy atom. The summed E-state index contributed by atoms with van der Waals surface area (Å²) in [6.07, 6.45) is 2.32. The SMILES string of the molecule is Cc1ccsc1C(=O)N[C@@H]1CC(=O)N(CCCc2ccccc2)C1. The predicted octanol–water partition coefficient (Wildman–Crippen LogP) is 3.02. The Hall–Kier alpha value is -2.14. The summed E-state index contributed by atoms with van der Waals surface area (Å²) in [5, 5.41) is 4.92. The maximum atomic E-state index is 12.3. The van der Waals surface area contributed by atoms with Gasteiger partial charge >= 0.3 is 0 Å². The number of rotatable bonds is 6. The molecule has 1 saturated heterocycles. The normalized spacial score (nSPS) is 17.3. The minimum atomic E-state index is -0.0803. The van der Waals surface area contributed by atoms with Gasteiger partial charge in [0.1, 0.15) is 0 Å². The highest BCUT2D eigenvalue weighted by molar-refractivity contribution is 7.12. The first-order chi connectivity index (χ1) is 11.6. The second-order valence-corrected chi connectivity index (χ2v) is 7.15. The van der Waals surface area contributed by atoms with Gasteiger partial charge in [-0.05, 0) is 42.3 Å². The lowest BCUT2D eigenvalue weighted by Crippen LogP contribution is -2.37. The van der Waals surface area contributed by atoms with E-state index in [9.17, 15) is 9.59 Å². The number of thiophene rings is 1. The van der Waals surface area contributed by atoms with E-state index in [2.05, 4.69) is 17.4 Å². The molecule has 2 heterocycles. The molecule has 0 unspecified atom stereocenters. The number of nitrogens with zero attached hydrogens (tertiary/aromatic N) is 1. The van der Waals surface area contributed by atoms with Crippen molar-refractivity contribution in [2.24, 2.45) is 0 Å². The van der Waals surface area contributed by atoms with Crippen LogP contribution in [0.2, 0.25) is 0 Å². The lowest BCUT2D eigenvalue weighted by atomic mass is 10.1. The summed E-state index contributed by atoms with van der Waals surface area (Å²) in [6.45, 7) is 3.29. The molecule has 2 aromatic rings. The van der Waals surface area contributed by atoms with Crippen LogP contribution in [0.4, 0.5) is 0 Å². The second kappa shape index (κ2) is 7.62.